The van der Waals surface area contributed by atoms with Crippen molar-refractivity contribution in [2.45, 2.75) is 39.2 Å². The van der Waals surface area contributed by atoms with Crippen LogP contribution in [0.2, 0.25) is 5.02 Å². The molecule has 0 amide bonds. The van der Waals surface area contributed by atoms with Gasteiger partial charge < -0.3 is 4.90 Å². The molecular formula is C34H36ClN5. The number of halogens is 1. The number of hydrogen-bond donors (Lipinski definition) is 0. The Kier molecular flexibility index (Phi) is 7.11. The molecule has 0 bridgehead atoms. The second-order valence-corrected chi connectivity index (χ2v) is 12.1. The van der Waals surface area contributed by atoms with Crippen LogP contribution in [0.5, 0.6) is 0 Å². The van der Waals surface area contributed by atoms with Crippen molar-refractivity contribution in [3.63, 3.8) is 0 Å². The zero-order chi connectivity index (χ0) is 27.9. The summed E-state index contributed by atoms with van der Waals surface area (Å²) in [5.74, 6) is 1.09. The summed E-state index contributed by atoms with van der Waals surface area (Å²) >= 11 is 6.67. The van der Waals surface area contributed by atoms with Crippen molar-refractivity contribution in [3.05, 3.63) is 119 Å². The number of aryl methyl sites for hydroxylation is 1. The summed E-state index contributed by atoms with van der Waals surface area (Å²) in [4.78, 5) is 10.2. The fourth-order valence-corrected chi connectivity index (χ4v) is 6.02. The molecule has 1 aliphatic heterocycles. The third-order valence-electron chi connectivity index (χ3n) is 7.89. The molecule has 204 valence electrons. The maximum atomic E-state index is 6.67. The average molecular weight is 550 g/mol. The van der Waals surface area contributed by atoms with Gasteiger partial charge in [0.1, 0.15) is 5.82 Å². The van der Waals surface area contributed by atoms with E-state index in [0.29, 0.717) is 5.02 Å². The topological polar surface area (TPSA) is 36.7 Å². The Morgan fingerprint density at radius 1 is 0.775 bits per heavy atom. The summed E-state index contributed by atoms with van der Waals surface area (Å²) in [6, 6.07) is 32.2. The van der Waals surface area contributed by atoms with Gasteiger partial charge in [0.15, 0.2) is 5.65 Å². The second-order valence-electron chi connectivity index (χ2n) is 11.7. The normalized spacial score (nSPS) is 14.8. The Bertz CT molecular complexity index is 1570. The first-order valence-corrected chi connectivity index (χ1v) is 14.4. The lowest BCUT2D eigenvalue weighted by molar-refractivity contribution is 0.211. The molecule has 3 heterocycles. The van der Waals surface area contributed by atoms with Crippen LogP contribution in [0.1, 0.15) is 49.3 Å². The molecule has 40 heavy (non-hydrogen) atoms. The number of rotatable bonds is 5. The van der Waals surface area contributed by atoms with Crippen LogP contribution in [0, 0.1) is 6.92 Å². The van der Waals surface area contributed by atoms with E-state index in [4.69, 9.17) is 21.7 Å². The minimum Gasteiger partial charge on any atom is -0.354 e. The monoisotopic (exact) mass is 549 g/mol. The summed E-state index contributed by atoms with van der Waals surface area (Å²) in [6.07, 6.45) is 0. The van der Waals surface area contributed by atoms with Crippen molar-refractivity contribution in [2.24, 2.45) is 0 Å². The first kappa shape index (κ1) is 26.5. The Hall–Kier alpha value is -3.67. The van der Waals surface area contributed by atoms with Crippen molar-refractivity contribution in [1.82, 2.24) is 19.5 Å². The predicted molar refractivity (Wildman–Crippen MR) is 165 cm³/mol. The molecule has 0 saturated carbocycles. The van der Waals surface area contributed by atoms with E-state index in [1.165, 1.54) is 11.1 Å². The van der Waals surface area contributed by atoms with E-state index < -0.39 is 0 Å². The zero-order valence-electron chi connectivity index (χ0n) is 23.7. The van der Waals surface area contributed by atoms with Gasteiger partial charge in [0, 0.05) is 48.2 Å². The van der Waals surface area contributed by atoms with E-state index in [-0.39, 0.29) is 11.5 Å². The molecule has 6 heteroatoms. The molecular weight excluding hydrogens is 514 g/mol. The van der Waals surface area contributed by atoms with E-state index in [2.05, 4.69) is 110 Å². The summed E-state index contributed by atoms with van der Waals surface area (Å²) in [5.41, 5.74) is 7.37. The van der Waals surface area contributed by atoms with Gasteiger partial charge in [0.05, 0.1) is 23.0 Å². The first-order valence-electron chi connectivity index (χ1n) is 14.1. The molecule has 2 aromatic heterocycles. The smallest absolute Gasteiger partial charge is 0.165 e. The minimum atomic E-state index is -0.111. The SMILES string of the molecule is Cc1nn2c(N3CCN(C(c4ccccc4)c4ccccc4)CC3)cc(C(C)(C)C)nc2c1-c1ccccc1Cl. The number of fused-ring (bicyclic) bond motifs is 1. The lowest BCUT2D eigenvalue weighted by Crippen LogP contribution is -2.48. The van der Waals surface area contributed by atoms with Gasteiger partial charge in [-0.05, 0) is 24.1 Å². The number of anilines is 1. The highest BCUT2D eigenvalue weighted by Gasteiger charge is 2.30. The zero-order valence-corrected chi connectivity index (χ0v) is 24.4. The van der Waals surface area contributed by atoms with Crippen LogP contribution in [-0.4, -0.2) is 45.7 Å². The fourth-order valence-electron chi connectivity index (χ4n) is 5.79. The lowest BCUT2D eigenvalue weighted by Gasteiger charge is -2.40. The van der Waals surface area contributed by atoms with Crippen LogP contribution in [0.15, 0.2) is 91.0 Å². The van der Waals surface area contributed by atoms with Gasteiger partial charge in [-0.15, -0.1) is 0 Å². The standard InChI is InChI=1S/C34H36ClN5/c1-24-31(27-17-11-12-18-28(27)35)33-36-29(34(2,3)4)23-30(40(33)37-24)38-19-21-39(22-20-38)32(25-13-7-5-8-14-25)26-15-9-6-10-16-26/h5-18,23,32H,19-22H2,1-4H3. The molecule has 6 rings (SSSR count). The van der Waals surface area contributed by atoms with Crippen LogP contribution in [0.4, 0.5) is 5.82 Å². The fraction of sp³-hybridized carbons (Fsp3) is 0.294. The third-order valence-corrected chi connectivity index (χ3v) is 8.22. The number of benzene rings is 3. The van der Waals surface area contributed by atoms with Crippen LogP contribution in [-0.2, 0) is 5.41 Å². The van der Waals surface area contributed by atoms with E-state index in [0.717, 1.165) is 60.2 Å². The second kappa shape index (κ2) is 10.7. The molecule has 1 saturated heterocycles. The van der Waals surface area contributed by atoms with Gasteiger partial charge in [-0.3, -0.25) is 4.90 Å². The Morgan fingerprint density at radius 3 is 1.93 bits per heavy atom. The van der Waals surface area contributed by atoms with Crippen LogP contribution in [0.25, 0.3) is 16.8 Å². The Balaban J connectivity index is 1.38. The summed E-state index contributed by atoms with van der Waals surface area (Å²) in [5, 5.41) is 5.73. The third kappa shape index (κ3) is 5.00. The van der Waals surface area contributed by atoms with Crippen LogP contribution in [0.3, 0.4) is 0 Å². The van der Waals surface area contributed by atoms with Gasteiger partial charge in [-0.2, -0.15) is 9.61 Å². The molecule has 0 spiro atoms. The van der Waals surface area contributed by atoms with E-state index >= 15 is 0 Å². The van der Waals surface area contributed by atoms with Crippen molar-refractivity contribution in [3.8, 4) is 11.1 Å². The molecule has 0 N–H and O–H groups in total. The quantitative estimate of drug-likeness (QED) is 0.226. The van der Waals surface area contributed by atoms with Crippen molar-refractivity contribution in [1.29, 1.82) is 0 Å². The molecule has 1 aliphatic rings. The molecule has 5 aromatic rings. The summed E-state index contributed by atoms with van der Waals surface area (Å²) < 4.78 is 2.03. The summed E-state index contributed by atoms with van der Waals surface area (Å²) in [6.45, 7) is 12.4. The maximum Gasteiger partial charge on any atom is 0.165 e. The van der Waals surface area contributed by atoms with Crippen LogP contribution < -0.4 is 4.90 Å². The van der Waals surface area contributed by atoms with Crippen LogP contribution >= 0.6 is 11.6 Å². The van der Waals surface area contributed by atoms with E-state index in [1.807, 2.05) is 22.7 Å². The maximum absolute atomic E-state index is 6.67. The Labute approximate surface area is 242 Å². The molecule has 1 fully saturated rings. The molecule has 0 atom stereocenters. The Morgan fingerprint density at radius 2 is 1.35 bits per heavy atom. The number of aromatic nitrogens is 3. The molecule has 0 radical (unpaired) electrons. The van der Waals surface area contributed by atoms with Gasteiger partial charge >= 0.3 is 0 Å². The van der Waals surface area contributed by atoms with Crippen molar-refractivity contribution >= 4 is 23.1 Å². The van der Waals surface area contributed by atoms with Gasteiger partial charge in [-0.25, -0.2) is 4.98 Å². The van der Waals surface area contributed by atoms with E-state index in [9.17, 15) is 0 Å². The molecule has 0 unspecified atom stereocenters. The largest absolute Gasteiger partial charge is 0.354 e. The highest BCUT2D eigenvalue weighted by Crippen LogP contribution is 2.37. The van der Waals surface area contributed by atoms with E-state index in [1.54, 1.807) is 0 Å². The van der Waals surface area contributed by atoms with Crippen molar-refractivity contribution < 1.29 is 0 Å². The van der Waals surface area contributed by atoms with Gasteiger partial charge in [0.25, 0.3) is 0 Å². The number of piperazine rings is 1. The highest BCUT2D eigenvalue weighted by molar-refractivity contribution is 6.33. The molecule has 3 aromatic carbocycles. The average Bonchev–Trinajstić information content (AvgIpc) is 3.29. The van der Waals surface area contributed by atoms with Gasteiger partial charge in [-0.1, -0.05) is 111 Å². The predicted octanol–water partition coefficient (Wildman–Crippen LogP) is 7.57. The van der Waals surface area contributed by atoms with Gasteiger partial charge in [0.2, 0.25) is 0 Å². The lowest BCUT2D eigenvalue weighted by atomic mass is 9.91. The molecule has 0 aliphatic carbocycles. The minimum absolute atomic E-state index is 0.111. The number of nitrogens with zero attached hydrogens (tertiary/aromatic N) is 5. The van der Waals surface area contributed by atoms with Crippen molar-refractivity contribution in [2.75, 3.05) is 31.1 Å². The summed E-state index contributed by atoms with van der Waals surface area (Å²) in [7, 11) is 0. The first-order chi connectivity index (χ1) is 19.3. The number of hydrogen-bond acceptors (Lipinski definition) is 4. The highest BCUT2D eigenvalue weighted by atomic mass is 35.5. The molecule has 5 nitrogen and oxygen atoms in total.